The summed E-state index contributed by atoms with van der Waals surface area (Å²) in [6.07, 6.45) is -0.0136. The van der Waals surface area contributed by atoms with E-state index in [1.807, 2.05) is 13.8 Å². The Kier molecular flexibility index (Phi) is 3.63. The van der Waals surface area contributed by atoms with Gasteiger partial charge in [-0.25, -0.2) is 0 Å². The van der Waals surface area contributed by atoms with Crippen LogP contribution in [0.25, 0.3) is 0 Å². The van der Waals surface area contributed by atoms with Crippen LogP contribution in [0.3, 0.4) is 0 Å². The summed E-state index contributed by atoms with van der Waals surface area (Å²) in [5.41, 5.74) is 0. The van der Waals surface area contributed by atoms with Crippen molar-refractivity contribution < 1.29 is 14.5 Å². The lowest BCUT2D eigenvalue weighted by Gasteiger charge is -2.35. The van der Waals surface area contributed by atoms with E-state index >= 15 is 0 Å². The molecule has 0 N–H and O–H groups in total. The molecule has 1 aliphatic heterocycles. The average molecular weight is 270 g/mol. The molecule has 18 heavy (non-hydrogen) atoms. The Morgan fingerprint density at radius 1 is 1.44 bits per heavy atom. The maximum absolute atomic E-state index is 12.2. The smallest absolute Gasteiger partial charge is 0.324 e. The van der Waals surface area contributed by atoms with Crippen LogP contribution in [0.4, 0.5) is 5.00 Å². The molecule has 7 heteroatoms. The highest BCUT2D eigenvalue weighted by Crippen LogP contribution is 2.26. The summed E-state index contributed by atoms with van der Waals surface area (Å²) in [5.74, 6) is -0.157. The van der Waals surface area contributed by atoms with Crippen LogP contribution in [0.2, 0.25) is 0 Å². The average Bonchev–Trinajstić information content (AvgIpc) is 2.75. The van der Waals surface area contributed by atoms with Crippen molar-refractivity contribution in [2.24, 2.45) is 0 Å². The van der Waals surface area contributed by atoms with Crippen molar-refractivity contribution in [1.82, 2.24) is 4.90 Å². The van der Waals surface area contributed by atoms with Crippen LogP contribution in [-0.4, -0.2) is 41.0 Å². The van der Waals surface area contributed by atoms with E-state index in [4.69, 9.17) is 4.74 Å². The van der Waals surface area contributed by atoms with Gasteiger partial charge in [-0.3, -0.25) is 14.9 Å². The summed E-state index contributed by atoms with van der Waals surface area (Å²) in [7, 11) is 0. The number of amides is 1. The molecule has 1 saturated heterocycles. The van der Waals surface area contributed by atoms with Crippen LogP contribution in [0.1, 0.15) is 23.5 Å². The minimum absolute atomic E-state index is 0.00675. The molecule has 98 valence electrons. The Morgan fingerprint density at radius 3 is 2.56 bits per heavy atom. The van der Waals surface area contributed by atoms with Crippen LogP contribution >= 0.6 is 11.3 Å². The summed E-state index contributed by atoms with van der Waals surface area (Å²) in [4.78, 5) is 24.4. The van der Waals surface area contributed by atoms with E-state index < -0.39 is 4.92 Å². The molecule has 2 heterocycles. The van der Waals surface area contributed by atoms with Gasteiger partial charge >= 0.3 is 5.00 Å². The largest absolute Gasteiger partial charge is 0.372 e. The van der Waals surface area contributed by atoms with Gasteiger partial charge in [0.1, 0.15) is 0 Å². The quantitative estimate of drug-likeness (QED) is 0.608. The van der Waals surface area contributed by atoms with E-state index in [0.717, 1.165) is 11.3 Å². The van der Waals surface area contributed by atoms with Crippen LogP contribution in [0.15, 0.2) is 12.1 Å². The minimum Gasteiger partial charge on any atom is -0.372 e. The number of ether oxygens (including phenoxy) is 1. The Labute approximate surface area is 108 Å². The SMILES string of the molecule is CC1CN(C(=O)c2ccc([N+](=O)[O-])s2)CC(C)O1. The van der Waals surface area contributed by atoms with Crippen LogP contribution < -0.4 is 0 Å². The first-order chi connectivity index (χ1) is 8.47. The number of rotatable bonds is 2. The number of nitrogens with zero attached hydrogens (tertiary/aromatic N) is 2. The number of nitro groups is 1. The van der Waals surface area contributed by atoms with Gasteiger partial charge in [-0.2, -0.15) is 0 Å². The Balaban J connectivity index is 2.12. The van der Waals surface area contributed by atoms with Crippen molar-refractivity contribution in [3.8, 4) is 0 Å². The molecule has 1 amide bonds. The number of thiophene rings is 1. The van der Waals surface area contributed by atoms with Gasteiger partial charge in [-0.15, -0.1) is 0 Å². The molecule has 2 rings (SSSR count). The van der Waals surface area contributed by atoms with E-state index in [9.17, 15) is 14.9 Å². The number of hydrogen-bond donors (Lipinski definition) is 0. The monoisotopic (exact) mass is 270 g/mol. The zero-order chi connectivity index (χ0) is 13.3. The molecule has 2 atom stereocenters. The highest BCUT2D eigenvalue weighted by Gasteiger charge is 2.28. The van der Waals surface area contributed by atoms with Gasteiger partial charge in [-0.1, -0.05) is 11.3 Å². The van der Waals surface area contributed by atoms with Gasteiger partial charge in [0.25, 0.3) is 5.91 Å². The third-order valence-electron chi connectivity index (χ3n) is 2.69. The predicted octanol–water partition coefficient (Wildman–Crippen LogP) is 1.91. The topological polar surface area (TPSA) is 72.7 Å². The molecule has 6 nitrogen and oxygen atoms in total. The van der Waals surface area contributed by atoms with Gasteiger partial charge in [0.05, 0.1) is 22.0 Å². The van der Waals surface area contributed by atoms with Gasteiger partial charge in [-0.05, 0) is 19.9 Å². The maximum Gasteiger partial charge on any atom is 0.324 e. The molecule has 1 aliphatic rings. The first-order valence-corrected chi connectivity index (χ1v) is 6.48. The minimum atomic E-state index is -0.480. The second kappa shape index (κ2) is 5.03. The van der Waals surface area contributed by atoms with E-state index in [1.54, 1.807) is 4.90 Å². The number of morpholine rings is 1. The van der Waals surface area contributed by atoms with Crippen molar-refractivity contribution in [3.63, 3.8) is 0 Å². The zero-order valence-electron chi connectivity index (χ0n) is 10.2. The third kappa shape index (κ3) is 2.68. The zero-order valence-corrected chi connectivity index (χ0v) is 11.0. The highest BCUT2D eigenvalue weighted by atomic mass is 32.1. The van der Waals surface area contributed by atoms with E-state index in [-0.39, 0.29) is 23.1 Å². The Morgan fingerprint density at radius 2 is 2.06 bits per heavy atom. The Hall–Kier alpha value is -1.47. The fourth-order valence-corrected chi connectivity index (χ4v) is 2.83. The van der Waals surface area contributed by atoms with E-state index in [0.29, 0.717) is 18.0 Å². The van der Waals surface area contributed by atoms with Gasteiger partial charge in [0.15, 0.2) is 0 Å². The second-order valence-electron chi connectivity index (χ2n) is 4.36. The number of carbonyl (C=O) groups excluding carboxylic acids is 1. The molecule has 1 fully saturated rings. The summed E-state index contributed by atoms with van der Waals surface area (Å²) in [5, 5.41) is 10.6. The summed E-state index contributed by atoms with van der Waals surface area (Å²) in [6.45, 7) is 4.86. The maximum atomic E-state index is 12.2. The number of hydrogen-bond acceptors (Lipinski definition) is 5. The van der Waals surface area contributed by atoms with Crippen molar-refractivity contribution in [2.75, 3.05) is 13.1 Å². The molecule has 2 unspecified atom stereocenters. The molecule has 0 aliphatic carbocycles. The molecule has 0 aromatic carbocycles. The van der Waals surface area contributed by atoms with Crippen LogP contribution in [0.5, 0.6) is 0 Å². The molecular weight excluding hydrogens is 256 g/mol. The Bertz CT molecular complexity index is 463. The van der Waals surface area contributed by atoms with Crippen molar-refractivity contribution in [1.29, 1.82) is 0 Å². The third-order valence-corrected chi connectivity index (χ3v) is 3.71. The standard InChI is InChI=1S/C11H14N2O4S/c1-7-5-12(6-8(2)17-7)11(14)9-3-4-10(18-9)13(15)16/h3-4,7-8H,5-6H2,1-2H3. The van der Waals surface area contributed by atoms with E-state index in [2.05, 4.69) is 0 Å². The van der Waals surface area contributed by atoms with E-state index in [1.165, 1.54) is 12.1 Å². The van der Waals surface area contributed by atoms with Crippen LogP contribution in [-0.2, 0) is 4.74 Å². The normalized spacial score (nSPS) is 24.0. The predicted molar refractivity (Wildman–Crippen MR) is 66.9 cm³/mol. The fourth-order valence-electron chi connectivity index (χ4n) is 2.04. The van der Waals surface area contributed by atoms with Crippen molar-refractivity contribution in [3.05, 3.63) is 27.1 Å². The lowest BCUT2D eigenvalue weighted by Crippen LogP contribution is -2.48. The summed E-state index contributed by atoms with van der Waals surface area (Å²) >= 11 is 0.914. The molecular formula is C11H14N2O4S. The summed E-state index contributed by atoms with van der Waals surface area (Å²) < 4.78 is 5.55. The first kappa shape index (κ1) is 13.0. The number of carbonyl (C=O) groups is 1. The lowest BCUT2D eigenvalue weighted by molar-refractivity contribution is -0.380. The van der Waals surface area contributed by atoms with Gasteiger partial charge in [0.2, 0.25) is 0 Å². The lowest BCUT2D eigenvalue weighted by atomic mass is 10.2. The fraction of sp³-hybridized carbons (Fsp3) is 0.545. The van der Waals surface area contributed by atoms with Crippen molar-refractivity contribution in [2.45, 2.75) is 26.1 Å². The molecule has 0 bridgehead atoms. The molecule has 1 aromatic rings. The van der Waals surface area contributed by atoms with Crippen LogP contribution in [0, 0.1) is 10.1 Å². The molecule has 0 radical (unpaired) electrons. The second-order valence-corrected chi connectivity index (χ2v) is 5.42. The summed E-state index contributed by atoms with van der Waals surface area (Å²) in [6, 6.07) is 2.88. The molecule has 0 saturated carbocycles. The van der Waals surface area contributed by atoms with Gasteiger partial charge in [0, 0.05) is 19.2 Å². The van der Waals surface area contributed by atoms with Crippen molar-refractivity contribution >= 4 is 22.2 Å². The molecule has 0 spiro atoms. The van der Waals surface area contributed by atoms with Gasteiger partial charge < -0.3 is 9.64 Å². The highest BCUT2D eigenvalue weighted by molar-refractivity contribution is 7.17. The molecule has 1 aromatic heterocycles. The first-order valence-electron chi connectivity index (χ1n) is 5.66.